The summed E-state index contributed by atoms with van der Waals surface area (Å²) in [5.41, 5.74) is 2.78. The van der Waals surface area contributed by atoms with Crippen LogP contribution in [0.1, 0.15) is 37.8 Å². The summed E-state index contributed by atoms with van der Waals surface area (Å²) in [5.74, 6) is 0.527. The van der Waals surface area contributed by atoms with Gasteiger partial charge in [-0.15, -0.1) is 11.3 Å². The molecule has 0 fully saturated rings. The van der Waals surface area contributed by atoms with Crippen molar-refractivity contribution in [2.24, 2.45) is 0 Å². The first-order valence-electron chi connectivity index (χ1n) is 9.16. The Morgan fingerprint density at radius 1 is 1.07 bits per heavy atom. The smallest absolute Gasteiger partial charge is 0.291 e. The number of nitrogens with one attached hydrogen (secondary N) is 2. The number of fused-ring (bicyclic) bond motifs is 1. The molecule has 2 heterocycles. The quantitative estimate of drug-likeness (QED) is 0.594. The van der Waals surface area contributed by atoms with E-state index in [1.165, 1.54) is 35.1 Å². The van der Waals surface area contributed by atoms with Crippen molar-refractivity contribution in [1.82, 2.24) is 5.32 Å². The predicted octanol–water partition coefficient (Wildman–Crippen LogP) is 3.89. The van der Waals surface area contributed by atoms with E-state index in [4.69, 9.17) is 9.15 Å². The molecule has 1 aromatic carbocycles. The van der Waals surface area contributed by atoms with Gasteiger partial charge in [-0.25, -0.2) is 0 Å². The van der Waals surface area contributed by atoms with Gasteiger partial charge in [0.15, 0.2) is 5.76 Å². The summed E-state index contributed by atoms with van der Waals surface area (Å²) < 4.78 is 10.8. The Bertz CT molecular complexity index is 978. The van der Waals surface area contributed by atoms with E-state index >= 15 is 0 Å². The van der Waals surface area contributed by atoms with Crippen molar-refractivity contribution in [2.45, 2.75) is 19.3 Å². The van der Waals surface area contributed by atoms with Gasteiger partial charge in [-0.2, -0.15) is 0 Å². The van der Waals surface area contributed by atoms with E-state index in [1.54, 1.807) is 24.3 Å². The first-order chi connectivity index (χ1) is 13.7. The lowest BCUT2D eigenvalue weighted by Gasteiger charge is -2.09. The number of rotatable bonds is 7. The normalized spacial score (nSPS) is 12.4. The number of hydrogen-bond acceptors (Lipinski definition) is 5. The summed E-state index contributed by atoms with van der Waals surface area (Å²) in [7, 11) is 0. The molecule has 2 amide bonds. The molecule has 7 heteroatoms. The average Bonchev–Trinajstić information content (AvgIpc) is 3.46. The van der Waals surface area contributed by atoms with Gasteiger partial charge in [0.1, 0.15) is 12.4 Å². The third-order valence-electron chi connectivity index (χ3n) is 4.54. The zero-order valence-corrected chi connectivity index (χ0v) is 16.0. The third kappa shape index (κ3) is 4.26. The fraction of sp³-hybridized carbons (Fsp3) is 0.238. The lowest BCUT2D eigenvalue weighted by atomic mass is 10.1. The van der Waals surface area contributed by atoms with Crippen molar-refractivity contribution >= 4 is 28.2 Å². The van der Waals surface area contributed by atoms with Crippen LogP contribution in [0.15, 0.2) is 53.1 Å². The number of carbonyl (C=O) groups excluding carboxylic acids is 2. The number of thiophene rings is 1. The number of amides is 2. The molecule has 2 aromatic heterocycles. The number of furan rings is 1. The van der Waals surface area contributed by atoms with Crippen molar-refractivity contribution in [2.75, 3.05) is 18.5 Å². The van der Waals surface area contributed by atoms with Gasteiger partial charge in [0.25, 0.3) is 11.8 Å². The van der Waals surface area contributed by atoms with Gasteiger partial charge in [0, 0.05) is 0 Å². The van der Waals surface area contributed by atoms with Crippen molar-refractivity contribution in [3.63, 3.8) is 0 Å². The second-order valence-electron chi connectivity index (χ2n) is 6.48. The van der Waals surface area contributed by atoms with E-state index in [0.717, 1.165) is 18.6 Å². The monoisotopic (exact) mass is 396 g/mol. The third-order valence-corrected chi connectivity index (χ3v) is 5.54. The Balaban J connectivity index is 1.23. The van der Waals surface area contributed by atoms with Gasteiger partial charge >= 0.3 is 0 Å². The largest absolute Gasteiger partial charge is 0.492 e. The van der Waals surface area contributed by atoms with Crippen molar-refractivity contribution in [3.8, 4) is 5.75 Å². The minimum absolute atomic E-state index is 0.193. The Hall–Kier alpha value is -3.06. The molecule has 144 valence electrons. The van der Waals surface area contributed by atoms with Crippen LogP contribution in [0.2, 0.25) is 0 Å². The van der Waals surface area contributed by atoms with Crippen LogP contribution < -0.4 is 15.4 Å². The highest BCUT2D eigenvalue weighted by Crippen LogP contribution is 2.26. The molecule has 0 bridgehead atoms. The highest BCUT2D eigenvalue weighted by Gasteiger charge is 2.14. The molecule has 3 aromatic rings. The van der Waals surface area contributed by atoms with E-state index < -0.39 is 0 Å². The highest BCUT2D eigenvalue weighted by molar-refractivity contribution is 7.18. The Morgan fingerprint density at radius 2 is 1.96 bits per heavy atom. The number of benzene rings is 1. The minimum Gasteiger partial charge on any atom is -0.492 e. The second-order valence-corrected chi connectivity index (χ2v) is 7.57. The van der Waals surface area contributed by atoms with Gasteiger partial charge in [0.05, 0.1) is 22.7 Å². The van der Waals surface area contributed by atoms with Crippen LogP contribution in [0.4, 0.5) is 5.00 Å². The molecule has 0 unspecified atom stereocenters. The van der Waals surface area contributed by atoms with Crippen molar-refractivity contribution < 1.29 is 18.7 Å². The molecule has 1 aliphatic carbocycles. The number of carbonyl (C=O) groups is 2. The molecule has 0 saturated heterocycles. The first kappa shape index (κ1) is 18.3. The number of ether oxygens (including phenoxy) is 1. The van der Waals surface area contributed by atoms with E-state index in [-0.39, 0.29) is 17.6 Å². The first-order valence-corrected chi connectivity index (χ1v) is 9.98. The molecular weight excluding hydrogens is 376 g/mol. The minimum atomic E-state index is -0.346. The van der Waals surface area contributed by atoms with E-state index in [2.05, 4.69) is 22.8 Å². The maximum atomic E-state index is 12.2. The molecule has 4 rings (SSSR count). The molecule has 0 aliphatic heterocycles. The van der Waals surface area contributed by atoms with Gasteiger partial charge in [-0.05, 0) is 66.8 Å². The van der Waals surface area contributed by atoms with Gasteiger partial charge in [-0.3, -0.25) is 9.59 Å². The summed E-state index contributed by atoms with van der Waals surface area (Å²) in [6.45, 7) is 0.805. The molecule has 0 radical (unpaired) electrons. The maximum Gasteiger partial charge on any atom is 0.291 e. The highest BCUT2D eigenvalue weighted by atomic mass is 32.1. The standard InChI is InChI=1S/C21H20N2O4S/c24-20(17-5-2-11-27-17)23-19-9-8-18(28-19)21(25)22-10-12-26-16-7-6-14-3-1-4-15(14)13-16/h2,5-9,11,13H,1,3-4,10,12H2,(H,22,25)(H,23,24). The summed E-state index contributed by atoms with van der Waals surface area (Å²) >= 11 is 1.21. The zero-order chi connectivity index (χ0) is 19.3. The molecule has 6 nitrogen and oxygen atoms in total. The van der Waals surface area contributed by atoms with Gasteiger partial charge < -0.3 is 19.8 Å². The zero-order valence-electron chi connectivity index (χ0n) is 15.2. The Labute approximate surface area is 166 Å². The number of aryl methyl sites for hydroxylation is 2. The Morgan fingerprint density at radius 3 is 2.82 bits per heavy atom. The second kappa shape index (κ2) is 8.31. The molecule has 1 aliphatic rings. The van der Waals surface area contributed by atoms with E-state index in [0.29, 0.717) is 23.0 Å². The Kier molecular flexibility index (Phi) is 5.43. The maximum absolute atomic E-state index is 12.2. The van der Waals surface area contributed by atoms with E-state index in [9.17, 15) is 9.59 Å². The predicted molar refractivity (Wildman–Crippen MR) is 107 cm³/mol. The van der Waals surface area contributed by atoms with Crippen LogP contribution in [0.5, 0.6) is 5.75 Å². The SMILES string of the molecule is O=C(Nc1ccc(C(=O)NCCOc2ccc3c(c2)CCC3)s1)c1ccco1. The lowest BCUT2D eigenvalue weighted by molar-refractivity contribution is 0.0949. The van der Waals surface area contributed by atoms with Gasteiger partial charge in [-0.1, -0.05) is 6.07 Å². The van der Waals surface area contributed by atoms with Crippen LogP contribution in [-0.2, 0) is 12.8 Å². The fourth-order valence-corrected chi connectivity index (χ4v) is 3.98. The lowest BCUT2D eigenvalue weighted by Crippen LogP contribution is -2.27. The fourth-order valence-electron chi connectivity index (χ4n) is 3.17. The molecular formula is C21H20N2O4S. The van der Waals surface area contributed by atoms with Crippen molar-refractivity contribution in [3.05, 3.63) is 70.5 Å². The molecule has 0 spiro atoms. The van der Waals surface area contributed by atoms with Crippen LogP contribution in [0.25, 0.3) is 0 Å². The summed E-state index contributed by atoms with van der Waals surface area (Å²) in [4.78, 5) is 24.7. The molecule has 0 atom stereocenters. The van der Waals surface area contributed by atoms with Crippen molar-refractivity contribution in [1.29, 1.82) is 0 Å². The summed E-state index contributed by atoms with van der Waals surface area (Å²) in [6.07, 6.45) is 4.91. The van der Waals surface area contributed by atoms with Crippen LogP contribution in [0.3, 0.4) is 0 Å². The summed E-state index contributed by atoms with van der Waals surface area (Å²) in [6, 6.07) is 12.8. The van der Waals surface area contributed by atoms with Crippen LogP contribution in [0, 0.1) is 0 Å². The topological polar surface area (TPSA) is 80.6 Å². The van der Waals surface area contributed by atoms with Crippen LogP contribution in [-0.4, -0.2) is 25.0 Å². The molecule has 28 heavy (non-hydrogen) atoms. The summed E-state index contributed by atoms with van der Waals surface area (Å²) in [5, 5.41) is 6.13. The van der Waals surface area contributed by atoms with Gasteiger partial charge in [0.2, 0.25) is 0 Å². The molecule has 2 N–H and O–H groups in total. The number of anilines is 1. The molecule has 0 saturated carbocycles. The van der Waals surface area contributed by atoms with Crippen LogP contribution >= 0.6 is 11.3 Å². The van der Waals surface area contributed by atoms with E-state index in [1.807, 2.05) is 6.07 Å². The average molecular weight is 396 g/mol. The number of hydrogen-bond donors (Lipinski definition) is 2.